The van der Waals surface area contributed by atoms with Gasteiger partial charge in [-0.15, -0.1) is 0 Å². The fraction of sp³-hybridized carbons (Fsp3) is 0.692. The van der Waals surface area contributed by atoms with Crippen LogP contribution in [0.25, 0.3) is 0 Å². The number of nitrogens with one attached hydrogen (secondary N) is 1. The zero-order valence-corrected chi connectivity index (χ0v) is 13.9. The van der Waals surface area contributed by atoms with Crippen LogP contribution in [0.5, 0.6) is 0 Å². The zero-order valence-electron chi connectivity index (χ0n) is 13.1. The maximum Gasteiger partial charge on any atom is 0.310 e. The Hall–Kier alpha value is -1.41. The molecule has 0 atom stereocenters. The van der Waals surface area contributed by atoms with Crippen molar-refractivity contribution in [3.63, 3.8) is 0 Å². The number of rotatable bonds is 7. The van der Waals surface area contributed by atoms with Gasteiger partial charge in [-0.3, -0.25) is 9.48 Å². The summed E-state index contributed by atoms with van der Waals surface area (Å²) < 4.78 is 28.8. The highest BCUT2D eigenvalue weighted by molar-refractivity contribution is 7.89. The van der Waals surface area contributed by atoms with E-state index in [1.54, 1.807) is 34.7 Å². The van der Waals surface area contributed by atoms with E-state index < -0.39 is 21.4 Å². The van der Waals surface area contributed by atoms with E-state index in [1.807, 2.05) is 0 Å². The van der Waals surface area contributed by atoms with E-state index in [0.29, 0.717) is 24.2 Å². The summed E-state index contributed by atoms with van der Waals surface area (Å²) in [7, 11) is -2.12. The molecular formula is C13H23N3O4S. The van der Waals surface area contributed by atoms with E-state index in [-0.39, 0.29) is 11.4 Å². The number of hydrogen-bond acceptors (Lipinski definition) is 4. The number of aliphatic carboxylic acids is 1. The molecule has 0 radical (unpaired) electrons. The third-order valence-corrected chi connectivity index (χ3v) is 5.77. The van der Waals surface area contributed by atoms with E-state index in [0.717, 1.165) is 0 Å². The summed E-state index contributed by atoms with van der Waals surface area (Å²) in [6.45, 7) is 6.63. The average Bonchev–Trinajstić information content (AvgIpc) is 2.65. The number of sulfonamides is 1. The second-order valence-corrected chi connectivity index (χ2v) is 6.94. The zero-order chi connectivity index (χ0) is 16.4. The van der Waals surface area contributed by atoms with Crippen molar-refractivity contribution in [2.45, 2.75) is 45.4 Å². The van der Waals surface area contributed by atoms with Crippen LogP contribution in [0.4, 0.5) is 0 Å². The second-order valence-electron chi connectivity index (χ2n) is 5.24. The molecule has 0 amide bonds. The quantitative estimate of drug-likeness (QED) is 0.787. The summed E-state index contributed by atoms with van der Waals surface area (Å²) >= 11 is 0. The Morgan fingerprint density at radius 3 is 2.19 bits per heavy atom. The number of carboxylic acids is 1. The van der Waals surface area contributed by atoms with Gasteiger partial charge in [-0.25, -0.2) is 13.1 Å². The molecule has 7 nitrogen and oxygen atoms in total. The van der Waals surface area contributed by atoms with Gasteiger partial charge in [0.1, 0.15) is 4.90 Å². The van der Waals surface area contributed by atoms with E-state index in [2.05, 4.69) is 9.82 Å². The molecule has 0 fully saturated rings. The molecule has 1 heterocycles. The molecular weight excluding hydrogens is 294 g/mol. The lowest BCUT2D eigenvalue weighted by Crippen LogP contribution is -2.42. The normalized spacial score (nSPS) is 12.6. The molecule has 2 N–H and O–H groups in total. The highest BCUT2D eigenvalue weighted by Crippen LogP contribution is 2.27. The maximum atomic E-state index is 12.4. The number of carbonyl (C=O) groups is 1. The van der Waals surface area contributed by atoms with Gasteiger partial charge in [0.15, 0.2) is 0 Å². The molecule has 0 unspecified atom stereocenters. The first-order valence-corrected chi connectivity index (χ1v) is 8.33. The molecule has 0 spiro atoms. The van der Waals surface area contributed by atoms with E-state index in [9.17, 15) is 18.3 Å². The Morgan fingerprint density at radius 1 is 1.33 bits per heavy atom. The molecule has 1 aromatic heterocycles. The first-order chi connectivity index (χ1) is 9.61. The molecule has 0 aromatic carbocycles. The van der Waals surface area contributed by atoms with Crippen molar-refractivity contribution in [1.29, 1.82) is 0 Å². The van der Waals surface area contributed by atoms with Gasteiger partial charge in [-0.05, 0) is 26.7 Å². The van der Waals surface area contributed by atoms with Gasteiger partial charge in [0.05, 0.1) is 16.8 Å². The first kappa shape index (κ1) is 17.6. The van der Waals surface area contributed by atoms with Crippen molar-refractivity contribution in [2.24, 2.45) is 12.5 Å². The molecule has 8 heteroatoms. The third-order valence-electron chi connectivity index (χ3n) is 4.12. The van der Waals surface area contributed by atoms with Crippen molar-refractivity contribution in [2.75, 3.05) is 6.54 Å². The number of hydrogen-bond donors (Lipinski definition) is 2. The van der Waals surface area contributed by atoms with Crippen LogP contribution >= 0.6 is 0 Å². The Bertz CT molecular complexity index is 630. The first-order valence-electron chi connectivity index (χ1n) is 6.84. The van der Waals surface area contributed by atoms with Crippen LogP contribution in [-0.2, 0) is 21.9 Å². The van der Waals surface area contributed by atoms with Crippen molar-refractivity contribution in [3.8, 4) is 0 Å². The predicted octanol–water partition coefficient (Wildman–Crippen LogP) is 1.21. The smallest absolute Gasteiger partial charge is 0.310 e. The highest BCUT2D eigenvalue weighted by atomic mass is 32.2. The molecule has 0 aliphatic rings. The SMILES string of the molecule is CCC(CC)(CNS(=O)(=O)c1c(C)nn(C)c1C)C(=O)O. The molecule has 0 saturated carbocycles. The molecule has 1 rings (SSSR count). The summed E-state index contributed by atoms with van der Waals surface area (Å²) in [6.07, 6.45) is 0.707. The minimum absolute atomic E-state index is 0.122. The van der Waals surface area contributed by atoms with Crippen molar-refractivity contribution >= 4 is 16.0 Å². The lowest BCUT2D eigenvalue weighted by molar-refractivity contribution is -0.149. The predicted molar refractivity (Wildman–Crippen MR) is 78.5 cm³/mol. The van der Waals surface area contributed by atoms with Crippen molar-refractivity contribution in [1.82, 2.24) is 14.5 Å². The molecule has 21 heavy (non-hydrogen) atoms. The molecule has 120 valence electrons. The maximum absolute atomic E-state index is 12.4. The average molecular weight is 317 g/mol. The Kier molecular flexibility index (Phi) is 5.16. The van der Waals surface area contributed by atoms with Gasteiger partial charge < -0.3 is 5.11 Å². The third kappa shape index (κ3) is 3.26. The number of carboxylic acid groups (broad SMARTS) is 1. The summed E-state index contributed by atoms with van der Waals surface area (Å²) in [5.41, 5.74) is -0.165. The summed E-state index contributed by atoms with van der Waals surface area (Å²) in [5, 5.41) is 13.4. The topological polar surface area (TPSA) is 101 Å². The Morgan fingerprint density at radius 2 is 1.86 bits per heavy atom. The minimum atomic E-state index is -3.78. The largest absolute Gasteiger partial charge is 0.481 e. The molecule has 0 saturated heterocycles. The number of aromatic nitrogens is 2. The van der Waals surface area contributed by atoms with Gasteiger partial charge in [0.2, 0.25) is 10.0 Å². The van der Waals surface area contributed by atoms with E-state index in [4.69, 9.17) is 0 Å². The van der Waals surface area contributed by atoms with Crippen LogP contribution < -0.4 is 4.72 Å². The molecule has 0 aliphatic carbocycles. The lowest BCUT2D eigenvalue weighted by Gasteiger charge is -2.26. The van der Waals surface area contributed by atoms with Gasteiger partial charge >= 0.3 is 5.97 Å². The number of aryl methyl sites for hydroxylation is 2. The summed E-state index contributed by atoms with van der Waals surface area (Å²) in [4.78, 5) is 11.5. The van der Waals surface area contributed by atoms with Gasteiger partial charge in [0, 0.05) is 13.6 Å². The fourth-order valence-electron chi connectivity index (χ4n) is 2.33. The van der Waals surface area contributed by atoms with Crippen LogP contribution in [0.15, 0.2) is 4.90 Å². The van der Waals surface area contributed by atoms with Crippen LogP contribution in [0.3, 0.4) is 0 Å². The molecule has 1 aromatic rings. The van der Waals surface area contributed by atoms with Crippen molar-refractivity contribution < 1.29 is 18.3 Å². The highest BCUT2D eigenvalue weighted by Gasteiger charge is 2.37. The molecule has 0 bridgehead atoms. The fourth-order valence-corrected chi connectivity index (χ4v) is 3.89. The Balaban J connectivity index is 3.09. The number of nitrogens with zero attached hydrogens (tertiary/aromatic N) is 2. The summed E-state index contributed by atoms with van der Waals surface area (Å²) in [5.74, 6) is -0.991. The lowest BCUT2D eigenvalue weighted by atomic mass is 9.83. The monoisotopic (exact) mass is 317 g/mol. The van der Waals surface area contributed by atoms with Crippen LogP contribution in [0.1, 0.15) is 38.1 Å². The van der Waals surface area contributed by atoms with E-state index >= 15 is 0 Å². The summed E-state index contributed by atoms with van der Waals surface area (Å²) in [6, 6.07) is 0. The Labute approximate surface area is 125 Å². The molecule has 0 aliphatic heterocycles. The van der Waals surface area contributed by atoms with Gasteiger partial charge in [-0.2, -0.15) is 5.10 Å². The van der Waals surface area contributed by atoms with Gasteiger partial charge in [-0.1, -0.05) is 13.8 Å². The van der Waals surface area contributed by atoms with Crippen LogP contribution in [0.2, 0.25) is 0 Å². The van der Waals surface area contributed by atoms with Gasteiger partial charge in [0.25, 0.3) is 0 Å². The second kappa shape index (κ2) is 6.15. The van der Waals surface area contributed by atoms with Crippen LogP contribution in [0, 0.1) is 19.3 Å². The minimum Gasteiger partial charge on any atom is -0.481 e. The van der Waals surface area contributed by atoms with Crippen LogP contribution in [-0.4, -0.2) is 35.8 Å². The van der Waals surface area contributed by atoms with E-state index in [1.165, 1.54) is 4.68 Å². The van der Waals surface area contributed by atoms with Crippen molar-refractivity contribution in [3.05, 3.63) is 11.4 Å². The standard InChI is InChI=1S/C13H23N3O4S/c1-6-13(7-2,12(17)18)8-14-21(19,20)11-9(3)15-16(5)10(11)4/h14H,6-8H2,1-5H3,(H,17,18).